The van der Waals surface area contributed by atoms with E-state index in [2.05, 4.69) is 39.0 Å². The van der Waals surface area contributed by atoms with Crippen molar-refractivity contribution in [1.82, 2.24) is 19.8 Å². The molecule has 0 radical (unpaired) electrons. The first-order valence-electron chi connectivity index (χ1n) is 9.60. The van der Waals surface area contributed by atoms with E-state index in [4.69, 9.17) is 19.9 Å². The quantitative estimate of drug-likeness (QED) is 0.408. The van der Waals surface area contributed by atoms with Crippen LogP contribution in [0.3, 0.4) is 0 Å². The molecule has 2 heterocycles. The summed E-state index contributed by atoms with van der Waals surface area (Å²) in [6.07, 6.45) is 1.12. The fourth-order valence-corrected chi connectivity index (χ4v) is 3.01. The molecule has 166 valence electrons. The summed E-state index contributed by atoms with van der Waals surface area (Å²) in [5.74, 6) is -1.36. The normalized spacial score (nSPS) is 14.2. The van der Waals surface area contributed by atoms with E-state index in [1.54, 1.807) is 0 Å². The lowest BCUT2D eigenvalue weighted by Gasteiger charge is -2.27. The third-order valence-electron chi connectivity index (χ3n) is 4.34. The Labute approximate surface area is 175 Å². The number of imidazole rings is 1. The largest absolute Gasteiger partial charge is 0.478 e. The van der Waals surface area contributed by atoms with Crippen LogP contribution < -0.4 is 5.32 Å². The second-order valence-corrected chi connectivity index (χ2v) is 6.40. The van der Waals surface area contributed by atoms with E-state index >= 15 is 0 Å². The van der Waals surface area contributed by atoms with Gasteiger partial charge >= 0.3 is 11.9 Å². The number of aromatic nitrogens is 2. The van der Waals surface area contributed by atoms with Gasteiger partial charge in [0.15, 0.2) is 0 Å². The lowest BCUT2D eigenvalue weighted by molar-refractivity contribution is -0.134. The predicted molar refractivity (Wildman–Crippen MR) is 112 cm³/mol. The van der Waals surface area contributed by atoms with Crippen LogP contribution in [0.2, 0.25) is 0 Å². The topological polar surface area (TPSA) is 148 Å². The zero-order chi connectivity index (χ0) is 21.1. The molecule has 0 saturated carbocycles. The predicted octanol–water partition coefficient (Wildman–Crippen LogP) is 0.365. The molecule has 1 aliphatic rings. The van der Waals surface area contributed by atoms with Gasteiger partial charge in [0.05, 0.1) is 24.2 Å². The molecule has 3 rings (SSSR count). The molecule has 10 heteroatoms. The summed E-state index contributed by atoms with van der Waals surface area (Å²) in [4.78, 5) is 26.4. The summed E-state index contributed by atoms with van der Waals surface area (Å²) in [5, 5.41) is 19.0. The van der Waals surface area contributed by atoms with Crippen molar-refractivity contribution < 1.29 is 30.0 Å². The molecule has 0 amide bonds. The number of fused-ring (bicyclic) bond motifs is 1. The minimum absolute atomic E-state index is 0. The van der Waals surface area contributed by atoms with Crippen LogP contribution in [0.25, 0.3) is 11.0 Å². The molecule has 0 atom stereocenters. The molecular weight excluding hydrogens is 392 g/mol. The van der Waals surface area contributed by atoms with Crippen LogP contribution in [-0.4, -0.2) is 81.5 Å². The fraction of sp³-hybridized carbons (Fsp3) is 0.450. The molecule has 0 bridgehead atoms. The van der Waals surface area contributed by atoms with E-state index in [-0.39, 0.29) is 5.48 Å². The zero-order valence-corrected chi connectivity index (χ0v) is 17.1. The van der Waals surface area contributed by atoms with Crippen molar-refractivity contribution in [2.45, 2.75) is 20.0 Å². The van der Waals surface area contributed by atoms with Gasteiger partial charge in [0.2, 0.25) is 0 Å². The van der Waals surface area contributed by atoms with Crippen LogP contribution in [0, 0.1) is 0 Å². The van der Waals surface area contributed by atoms with Crippen molar-refractivity contribution in [3.05, 3.63) is 42.2 Å². The van der Waals surface area contributed by atoms with Crippen molar-refractivity contribution in [1.29, 1.82) is 0 Å². The van der Waals surface area contributed by atoms with Gasteiger partial charge in [-0.05, 0) is 19.1 Å². The Morgan fingerprint density at radius 2 is 1.80 bits per heavy atom. The standard InChI is InChI=1S/C16H24N4O.C4H4O4.H2O/c1-2-21-12-11-20-15-6-4-3-5-14(15)18-16(20)13-19-9-7-17-8-10-19;5-3(6)1-2-4(7)8;/h3-6,17H,2,7-13H2,1H3;1-2H,(H,5,6)(H,7,8);1H2. The Morgan fingerprint density at radius 3 is 2.40 bits per heavy atom. The minimum Gasteiger partial charge on any atom is -0.478 e. The number of carboxylic acids is 2. The summed E-state index contributed by atoms with van der Waals surface area (Å²) in [7, 11) is 0. The molecule has 10 nitrogen and oxygen atoms in total. The first kappa shape index (κ1) is 25.2. The number of hydrogen-bond donors (Lipinski definition) is 3. The molecule has 0 spiro atoms. The van der Waals surface area contributed by atoms with Gasteiger partial charge in [-0.15, -0.1) is 0 Å². The van der Waals surface area contributed by atoms with E-state index in [0.717, 1.165) is 63.8 Å². The van der Waals surface area contributed by atoms with Crippen molar-refractivity contribution in [2.24, 2.45) is 0 Å². The van der Waals surface area contributed by atoms with Crippen LogP contribution in [0.15, 0.2) is 36.4 Å². The second-order valence-electron chi connectivity index (χ2n) is 6.40. The summed E-state index contributed by atoms with van der Waals surface area (Å²) >= 11 is 0. The average Bonchev–Trinajstić information content (AvgIpc) is 3.05. The van der Waals surface area contributed by atoms with Crippen LogP contribution in [0.5, 0.6) is 0 Å². The number of aliphatic carboxylic acids is 2. The Bertz CT molecular complexity index is 814. The maximum absolute atomic E-state index is 9.55. The van der Waals surface area contributed by atoms with Gasteiger partial charge in [-0.1, -0.05) is 12.1 Å². The molecule has 1 aromatic carbocycles. The monoisotopic (exact) mass is 422 g/mol. The summed E-state index contributed by atoms with van der Waals surface area (Å²) < 4.78 is 7.84. The van der Waals surface area contributed by atoms with Gasteiger partial charge in [-0.3, -0.25) is 4.90 Å². The second kappa shape index (κ2) is 13.4. The molecule has 0 unspecified atom stereocenters. The lowest BCUT2D eigenvalue weighted by Crippen LogP contribution is -2.43. The fourth-order valence-electron chi connectivity index (χ4n) is 3.01. The SMILES string of the molecule is CCOCCn1c(CN2CCNCC2)nc2ccccc21.O.O=C(O)C=CC(=O)O. The van der Waals surface area contributed by atoms with Crippen LogP contribution in [0.4, 0.5) is 0 Å². The molecule has 1 saturated heterocycles. The van der Waals surface area contributed by atoms with Gasteiger partial charge < -0.3 is 30.3 Å². The highest BCUT2D eigenvalue weighted by Crippen LogP contribution is 2.17. The molecule has 1 aliphatic heterocycles. The number of nitrogens with one attached hydrogen (secondary N) is 1. The number of rotatable bonds is 8. The molecule has 5 N–H and O–H groups in total. The summed E-state index contributed by atoms with van der Waals surface area (Å²) in [6, 6.07) is 8.37. The Kier molecular flexibility index (Phi) is 11.3. The number of nitrogens with zero attached hydrogens (tertiary/aromatic N) is 3. The van der Waals surface area contributed by atoms with Gasteiger partial charge in [0.1, 0.15) is 5.82 Å². The summed E-state index contributed by atoms with van der Waals surface area (Å²) in [6.45, 7) is 9.65. The highest BCUT2D eigenvalue weighted by atomic mass is 16.5. The smallest absolute Gasteiger partial charge is 0.328 e. The first-order valence-corrected chi connectivity index (χ1v) is 9.60. The number of hydrogen-bond acceptors (Lipinski definition) is 6. The highest BCUT2D eigenvalue weighted by Gasteiger charge is 2.15. The molecule has 2 aromatic rings. The maximum Gasteiger partial charge on any atom is 0.328 e. The maximum atomic E-state index is 9.55. The van der Waals surface area contributed by atoms with Gasteiger partial charge in [-0.2, -0.15) is 0 Å². The van der Waals surface area contributed by atoms with E-state index < -0.39 is 11.9 Å². The third kappa shape index (κ3) is 8.29. The van der Waals surface area contributed by atoms with Crippen LogP contribution in [-0.2, 0) is 27.4 Å². The third-order valence-corrected chi connectivity index (χ3v) is 4.34. The number of ether oxygens (including phenoxy) is 1. The minimum atomic E-state index is -1.26. The van der Waals surface area contributed by atoms with E-state index in [1.807, 2.05) is 6.92 Å². The highest BCUT2D eigenvalue weighted by molar-refractivity contribution is 5.89. The number of benzene rings is 1. The Hall–Kier alpha value is -2.79. The number of para-hydroxylation sites is 2. The number of piperazine rings is 1. The average molecular weight is 422 g/mol. The molecule has 30 heavy (non-hydrogen) atoms. The van der Waals surface area contributed by atoms with Crippen molar-refractivity contribution in [2.75, 3.05) is 39.4 Å². The van der Waals surface area contributed by atoms with E-state index in [1.165, 1.54) is 5.52 Å². The van der Waals surface area contributed by atoms with Crippen LogP contribution in [0.1, 0.15) is 12.7 Å². The summed E-state index contributed by atoms with van der Waals surface area (Å²) in [5.41, 5.74) is 2.29. The van der Waals surface area contributed by atoms with Gasteiger partial charge in [0.25, 0.3) is 0 Å². The number of carbonyl (C=O) groups is 2. The Morgan fingerprint density at radius 1 is 1.17 bits per heavy atom. The number of carboxylic acid groups (broad SMARTS) is 2. The lowest BCUT2D eigenvalue weighted by atomic mass is 10.3. The van der Waals surface area contributed by atoms with E-state index in [0.29, 0.717) is 12.2 Å². The molecule has 1 aromatic heterocycles. The first-order chi connectivity index (χ1) is 14.0. The molecule has 1 fully saturated rings. The van der Waals surface area contributed by atoms with Crippen molar-refractivity contribution in [3.63, 3.8) is 0 Å². The van der Waals surface area contributed by atoms with Gasteiger partial charge in [0, 0.05) is 51.5 Å². The Balaban J connectivity index is 0.000000431. The van der Waals surface area contributed by atoms with Crippen molar-refractivity contribution in [3.8, 4) is 0 Å². The van der Waals surface area contributed by atoms with E-state index in [9.17, 15) is 9.59 Å². The van der Waals surface area contributed by atoms with Crippen molar-refractivity contribution >= 4 is 23.0 Å². The molecule has 0 aliphatic carbocycles. The van der Waals surface area contributed by atoms with Crippen LogP contribution >= 0.6 is 0 Å². The molecular formula is C20H30N4O6. The van der Waals surface area contributed by atoms with Gasteiger partial charge in [-0.25, -0.2) is 14.6 Å². The zero-order valence-electron chi connectivity index (χ0n) is 17.1.